The lowest BCUT2D eigenvalue weighted by atomic mass is 10.1. The molecule has 0 radical (unpaired) electrons. The predicted molar refractivity (Wildman–Crippen MR) is 76.4 cm³/mol. The third kappa shape index (κ3) is 2.84. The summed E-state index contributed by atoms with van der Waals surface area (Å²) in [6, 6.07) is 10.9. The summed E-state index contributed by atoms with van der Waals surface area (Å²) in [7, 11) is 0. The molecule has 2 heterocycles. The summed E-state index contributed by atoms with van der Waals surface area (Å²) in [5.41, 5.74) is 1.53. The summed E-state index contributed by atoms with van der Waals surface area (Å²) >= 11 is 0. The van der Waals surface area contributed by atoms with E-state index in [1.807, 2.05) is 37.3 Å². The molecule has 2 N–H and O–H groups in total. The minimum absolute atomic E-state index is 0.173. The van der Waals surface area contributed by atoms with Gasteiger partial charge < -0.3 is 14.8 Å². The maximum absolute atomic E-state index is 12.1. The van der Waals surface area contributed by atoms with Crippen LogP contribution in [0.15, 0.2) is 53.3 Å². The number of imidazole rings is 1. The molecule has 0 spiro atoms. The Morgan fingerprint density at radius 2 is 2.14 bits per heavy atom. The maximum atomic E-state index is 12.1. The molecule has 21 heavy (non-hydrogen) atoms. The molecule has 6 nitrogen and oxygen atoms in total. The van der Waals surface area contributed by atoms with Gasteiger partial charge in [-0.2, -0.15) is 0 Å². The zero-order chi connectivity index (χ0) is 14.7. The topological polar surface area (TPSA) is 83.8 Å². The molecule has 1 amide bonds. The molecule has 3 rings (SSSR count). The number of H-pyrrole nitrogens is 1. The Kier molecular flexibility index (Phi) is 3.51. The van der Waals surface area contributed by atoms with Crippen LogP contribution in [0.3, 0.4) is 0 Å². The fourth-order valence-electron chi connectivity index (χ4n) is 1.98. The van der Waals surface area contributed by atoms with E-state index in [0.29, 0.717) is 11.5 Å². The number of rotatable bonds is 4. The third-order valence-electron chi connectivity index (χ3n) is 3.08. The number of hydrogen-bond acceptors (Lipinski definition) is 4. The fourth-order valence-corrected chi connectivity index (χ4v) is 1.98. The lowest BCUT2D eigenvalue weighted by molar-refractivity contribution is 0.0901. The van der Waals surface area contributed by atoms with Crippen molar-refractivity contribution in [2.75, 3.05) is 0 Å². The monoisotopic (exact) mass is 282 g/mol. The van der Waals surface area contributed by atoms with E-state index in [1.54, 1.807) is 18.5 Å². The van der Waals surface area contributed by atoms with Crippen molar-refractivity contribution in [1.29, 1.82) is 0 Å². The summed E-state index contributed by atoms with van der Waals surface area (Å²) in [4.78, 5) is 19.2. The van der Waals surface area contributed by atoms with Crippen molar-refractivity contribution >= 4 is 5.91 Å². The van der Waals surface area contributed by atoms with E-state index in [-0.39, 0.29) is 17.7 Å². The standard InChI is InChI=1S/C15H14N4O2/c1-10(14-16-7-8-17-14)18-15(20)13-9-12(19-21-13)11-5-3-2-4-6-11/h2-10H,1H3,(H,16,17)(H,18,20). The van der Waals surface area contributed by atoms with E-state index in [1.165, 1.54) is 0 Å². The van der Waals surface area contributed by atoms with Gasteiger partial charge in [-0.15, -0.1) is 0 Å². The van der Waals surface area contributed by atoms with E-state index in [2.05, 4.69) is 20.4 Å². The SMILES string of the molecule is CC(NC(=O)c1cc(-c2ccccc2)no1)c1ncc[nH]1. The first-order valence-electron chi connectivity index (χ1n) is 6.56. The van der Waals surface area contributed by atoms with Gasteiger partial charge in [0.25, 0.3) is 5.91 Å². The average Bonchev–Trinajstić information content (AvgIpc) is 3.20. The number of aromatic amines is 1. The summed E-state index contributed by atoms with van der Waals surface area (Å²) in [5.74, 6) is 0.534. The van der Waals surface area contributed by atoms with Gasteiger partial charge in [0, 0.05) is 24.0 Å². The summed E-state index contributed by atoms with van der Waals surface area (Å²) in [6.45, 7) is 1.84. The van der Waals surface area contributed by atoms with Crippen LogP contribution in [0.1, 0.15) is 29.3 Å². The highest BCUT2D eigenvalue weighted by Gasteiger charge is 2.17. The van der Waals surface area contributed by atoms with Gasteiger partial charge in [0.05, 0.1) is 6.04 Å². The van der Waals surface area contributed by atoms with Crippen LogP contribution in [0, 0.1) is 0 Å². The van der Waals surface area contributed by atoms with Crippen LogP contribution in [0.2, 0.25) is 0 Å². The molecule has 0 aliphatic rings. The molecule has 0 aliphatic carbocycles. The van der Waals surface area contributed by atoms with Crippen molar-refractivity contribution in [3.05, 3.63) is 60.4 Å². The summed E-state index contributed by atoms with van der Waals surface area (Å²) in [5, 5.41) is 6.72. The molecular formula is C15H14N4O2. The number of amides is 1. The number of nitrogens with zero attached hydrogens (tertiary/aromatic N) is 2. The lowest BCUT2D eigenvalue weighted by Crippen LogP contribution is -2.26. The van der Waals surface area contributed by atoms with Crippen molar-refractivity contribution in [3.8, 4) is 11.3 Å². The average molecular weight is 282 g/mol. The molecule has 0 fully saturated rings. The van der Waals surface area contributed by atoms with Gasteiger partial charge in [-0.3, -0.25) is 4.79 Å². The van der Waals surface area contributed by atoms with Crippen LogP contribution in [-0.2, 0) is 0 Å². The molecule has 0 saturated carbocycles. The first-order chi connectivity index (χ1) is 10.2. The number of aromatic nitrogens is 3. The number of hydrogen-bond donors (Lipinski definition) is 2. The molecule has 0 bridgehead atoms. The Morgan fingerprint density at radius 3 is 2.86 bits per heavy atom. The van der Waals surface area contributed by atoms with Crippen LogP contribution < -0.4 is 5.32 Å². The smallest absolute Gasteiger partial charge is 0.290 e. The van der Waals surface area contributed by atoms with Crippen LogP contribution in [0.5, 0.6) is 0 Å². The van der Waals surface area contributed by atoms with Gasteiger partial charge in [0.15, 0.2) is 0 Å². The van der Waals surface area contributed by atoms with Gasteiger partial charge in [-0.1, -0.05) is 35.5 Å². The molecule has 106 valence electrons. The van der Waals surface area contributed by atoms with Crippen molar-refractivity contribution in [1.82, 2.24) is 20.4 Å². The van der Waals surface area contributed by atoms with Gasteiger partial charge in [-0.05, 0) is 6.92 Å². The number of carbonyl (C=O) groups is 1. The highest BCUT2D eigenvalue weighted by atomic mass is 16.5. The molecule has 6 heteroatoms. The minimum Gasteiger partial charge on any atom is -0.350 e. The minimum atomic E-state index is -0.325. The summed E-state index contributed by atoms with van der Waals surface area (Å²) < 4.78 is 5.11. The maximum Gasteiger partial charge on any atom is 0.290 e. The van der Waals surface area contributed by atoms with E-state index in [9.17, 15) is 4.79 Å². The van der Waals surface area contributed by atoms with Crippen LogP contribution in [0.25, 0.3) is 11.3 Å². The van der Waals surface area contributed by atoms with Crippen LogP contribution in [-0.4, -0.2) is 21.0 Å². The second-order valence-electron chi connectivity index (χ2n) is 4.61. The molecule has 1 atom stereocenters. The normalized spacial score (nSPS) is 12.0. The number of benzene rings is 1. The zero-order valence-electron chi connectivity index (χ0n) is 11.4. The van der Waals surface area contributed by atoms with Crippen molar-refractivity contribution in [3.63, 3.8) is 0 Å². The fraction of sp³-hybridized carbons (Fsp3) is 0.133. The largest absolute Gasteiger partial charge is 0.350 e. The van der Waals surface area contributed by atoms with E-state index in [4.69, 9.17) is 4.52 Å². The molecule has 0 aliphatic heterocycles. The van der Waals surface area contributed by atoms with E-state index < -0.39 is 0 Å². The Morgan fingerprint density at radius 1 is 1.33 bits per heavy atom. The molecule has 2 aromatic heterocycles. The Labute approximate surface area is 121 Å². The van der Waals surface area contributed by atoms with Gasteiger partial charge >= 0.3 is 0 Å². The Hall–Kier alpha value is -2.89. The van der Waals surface area contributed by atoms with Crippen LogP contribution in [0.4, 0.5) is 0 Å². The third-order valence-corrected chi connectivity index (χ3v) is 3.08. The summed E-state index contributed by atoms with van der Waals surface area (Å²) in [6.07, 6.45) is 3.35. The van der Waals surface area contributed by atoms with Gasteiger partial charge in [-0.25, -0.2) is 4.98 Å². The van der Waals surface area contributed by atoms with Crippen LogP contribution >= 0.6 is 0 Å². The van der Waals surface area contributed by atoms with E-state index >= 15 is 0 Å². The predicted octanol–water partition coefficient (Wildman–Crippen LogP) is 2.56. The van der Waals surface area contributed by atoms with Gasteiger partial charge in [0.1, 0.15) is 11.5 Å². The Balaban J connectivity index is 1.73. The molecule has 1 unspecified atom stereocenters. The zero-order valence-corrected chi connectivity index (χ0v) is 11.4. The quantitative estimate of drug-likeness (QED) is 0.770. The highest BCUT2D eigenvalue weighted by Crippen LogP contribution is 2.19. The number of carbonyl (C=O) groups excluding carboxylic acids is 1. The van der Waals surface area contributed by atoms with Crippen molar-refractivity contribution < 1.29 is 9.32 Å². The van der Waals surface area contributed by atoms with Crippen molar-refractivity contribution in [2.45, 2.75) is 13.0 Å². The highest BCUT2D eigenvalue weighted by molar-refractivity contribution is 5.92. The van der Waals surface area contributed by atoms with Crippen molar-refractivity contribution in [2.24, 2.45) is 0 Å². The lowest BCUT2D eigenvalue weighted by Gasteiger charge is -2.09. The van der Waals surface area contributed by atoms with Gasteiger partial charge in [0.2, 0.25) is 5.76 Å². The first-order valence-corrected chi connectivity index (χ1v) is 6.56. The number of nitrogens with one attached hydrogen (secondary N) is 2. The molecule has 1 aromatic carbocycles. The second kappa shape index (κ2) is 5.62. The molecule has 0 saturated heterocycles. The first kappa shape index (κ1) is 13.1. The van der Waals surface area contributed by atoms with E-state index in [0.717, 1.165) is 5.56 Å². The Bertz CT molecular complexity index is 719. The molecule has 3 aromatic rings. The molecular weight excluding hydrogens is 268 g/mol. The second-order valence-corrected chi connectivity index (χ2v) is 4.61.